The Bertz CT molecular complexity index is 654. The summed E-state index contributed by atoms with van der Waals surface area (Å²) < 4.78 is 11.0. The molecule has 0 saturated carbocycles. The predicted molar refractivity (Wildman–Crippen MR) is 87.6 cm³/mol. The SMILES string of the molecule is C[C@H](C(=O)Nc1ccnc(OC2CCOC2)c1)c1ccccc1. The molecule has 1 N–H and O–H groups in total. The fourth-order valence-electron chi connectivity index (χ4n) is 2.47. The van der Waals surface area contributed by atoms with Gasteiger partial charge in [-0.05, 0) is 18.6 Å². The lowest BCUT2D eigenvalue weighted by Gasteiger charge is -2.14. The van der Waals surface area contributed by atoms with E-state index in [1.807, 2.05) is 37.3 Å². The van der Waals surface area contributed by atoms with Crippen molar-refractivity contribution in [2.45, 2.75) is 25.4 Å². The Morgan fingerprint density at radius 2 is 2.17 bits per heavy atom. The van der Waals surface area contributed by atoms with Gasteiger partial charge >= 0.3 is 0 Å². The van der Waals surface area contributed by atoms with Crippen molar-refractivity contribution in [2.75, 3.05) is 18.5 Å². The number of amides is 1. The molecular weight excluding hydrogens is 292 g/mol. The molecule has 1 aliphatic heterocycles. The molecule has 1 aromatic carbocycles. The largest absolute Gasteiger partial charge is 0.472 e. The molecule has 0 radical (unpaired) electrons. The molecule has 0 spiro atoms. The first-order valence-corrected chi connectivity index (χ1v) is 7.78. The molecule has 5 nitrogen and oxygen atoms in total. The Kier molecular flexibility index (Phi) is 4.88. The van der Waals surface area contributed by atoms with Crippen LogP contribution in [0.4, 0.5) is 5.69 Å². The number of ether oxygens (including phenoxy) is 2. The lowest BCUT2D eigenvalue weighted by atomic mass is 10.0. The maximum atomic E-state index is 12.4. The molecule has 1 fully saturated rings. The van der Waals surface area contributed by atoms with E-state index in [1.165, 1.54) is 0 Å². The van der Waals surface area contributed by atoms with Crippen LogP contribution in [-0.2, 0) is 9.53 Å². The minimum absolute atomic E-state index is 0.0386. The van der Waals surface area contributed by atoms with Crippen LogP contribution in [0.25, 0.3) is 0 Å². The zero-order chi connectivity index (χ0) is 16.1. The van der Waals surface area contributed by atoms with Gasteiger partial charge in [0.25, 0.3) is 0 Å². The second-order valence-electron chi connectivity index (χ2n) is 5.61. The van der Waals surface area contributed by atoms with Gasteiger partial charge in [0.15, 0.2) is 0 Å². The number of anilines is 1. The molecule has 1 aliphatic rings. The van der Waals surface area contributed by atoms with Crippen LogP contribution in [0.1, 0.15) is 24.8 Å². The van der Waals surface area contributed by atoms with Crippen molar-refractivity contribution in [3.05, 3.63) is 54.2 Å². The molecule has 5 heteroatoms. The molecule has 2 atom stereocenters. The maximum Gasteiger partial charge on any atom is 0.231 e. The summed E-state index contributed by atoms with van der Waals surface area (Å²) in [5, 5.41) is 2.92. The molecule has 120 valence electrons. The molecule has 2 heterocycles. The molecule has 23 heavy (non-hydrogen) atoms. The van der Waals surface area contributed by atoms with Gasteiger partial charge in [-0.15, -0.1) is 0 Å². The van der Waals surface area contributed by atoms with Crippen LogP contribution in [0, 0.1) is 0 Å². The summed E-state index contributed by atoms with van der Waals surface area (Å²) in [5.74, 6) is 0.222. The van der Waals surface area contributed by atoms with Crippen molar-refractivity contribution in [2.24, 2.45) is 0 Å². The van der Waals surface area contributed by atoms with Crippen LogP contribution in [0.15, 0.2) is 48.7 Å². The van der Waals surface area contributed by atoms with Gasteiger partial charge < -0.3 is 14.8 Å². The molecule has 1 aromatic heterocycles. The van der Waals surface area contributed by atoms with Crippen LogP contribution in [0.3, 0.4) is 0 Å². The van der Waals surface area contributed by atoms with Crippen LogP contribution in [0.2, 0.25) is 0 Å². The number of carbonyl (C=O) groups excluding carboxylic acids is 1. The molecule has 1 unspecified atom stereocenters. The first-order chi connectivity index (χ1) is 11.2. The average Bonchev–Trinajstić information content (AvgIpc) is 3.08. The summed E-state index contributed by atoms with van der Waals surface area (Å²) in [7, 11) is 0. The third kappa shape index (κ3) is 4.07. The highest BCUT2D eigenvalue weighted by atomic mass is 16.5. The van der Waals surface area contributed by atoms with Gasteiger partial charge in [-0.2, -0.15) is 0 Å². The van der Waals surface area contributed by atoms with Gasteiger partial charge in [0, 0.05) is 24.4 Å². The third-order valence-electron chi connectivity index (χ3n) is 3.87. The van der Waals surface area contributed by atoms with E-state index in [4.69, 9.17) is 9.47 Å². The van der Waals surface area contributed by atoms with Crippen molar-refractivity contribution in [1.29, 1.82) is 0 Å². The van der Waals surface area contributed by atoms with E-state index in [9.17, 15) is 4.79 Å². The highest BCUT2D eigenvalue weighted by Gasteiger charge is 2.19. The molecule has 1 saturated heterocycles. The Morgan fingerprint density at radius 3 is 2.91 bits per heavy atom. The van der Waals surface area contributed by atoms with Gasteiger partial charge in [0.05, 0.1) is 19.1 Å². The number of hydrogen-bond acceptors (Lipinski definition) is 4. The summed E-state index contributed by atoms with van der Waals surface area (Å²) >= 11 is 0. The van der Waals surface area contributed by atoms with Crippen LogP contribution >= 0.6 is 0 Å². The lowest BCUT2D eigenvalue weighted by molar-refractivity contribution is -0.117. The van der Waals surface area contributed by atoms with Crippen molar-refractivity contribution in [3.8, 4) is 5.88 Å². The van der Waals surface area contributed by atoms with Crippen LogP contribution in [-0.4, -0.2) is 30.2 Å². The number of nitrogens with one attached hydrogen (secondary N) is 1. The highest BCUT2D eigenvalue weighted by molar-refractivity contribution is 5.95. The van der Waals surface area contributed by atoms with Gasteiger partial charge in [-0.1, -0.05) is 30.3 Å². The Morgan fingerprint density at radius 1 is 1.35 bits per heavy atom. The van der Waals surface area contributed by atoms with Crippen LogP contribution < -0.4 is 10.1 Å². The van der Waals surface area contributed by atoms with Crippen molar-refractivity contribution in [3.63, 3.8) is 0 Å². The summed E-state index contributed by atoms with van der Waals surface area (Å²) in [6.45, 7) is 3.19. The van der Waals surface area contributed by atoms with Gasteiger partial charge in [-0.3, -0.25) is 4.79 Å². The van der Waals surface area contributed by atoms with E-state index in [0.29, 0.717) is 18.2 Å². The number of pyridine rings is 1. The third-order valence-corrected chi connectivity index (χ3v) is 3.87. The number of rotatable bonds is 5. The van der Waals surface area contributed by atoms with Gasteiger partial charge in [0.2, 0.25) is 11.8 Å². The second kappa shape index (κ2) is 7.24. The Balaban J connectivity index is 1.64. The van der Waals surface area contributed by atoms with E-state index in [-0.39, 0.29) is 17.9 Å². The van der Waals surface area contributed by atoms with E-state index < -0.39 is 0 Å². The molecule has 0 aliphatic carbocycles. The van der Waals surface area contributed by atoms with Gasteiger partial charge in [-0.25, -0.2) is 4.98 Å². The van der Waals surface area contributed by atoms with Crippen molar-refractivity contribution in [1.82, 2.24) is 4.98 Å². The second-order valence-corrected chi connectivity index (χ2v) is 5.61. The fourth-order valence-corrected chi connectivity index (χ4v) is 2.47. The summed E-state index contributed by atoms with van der Waals surface area (Å²) in [4.78, 5) is 16.6. The van der Waals surface area contributed by atoms with Crippen molar-refractivity contribution >= 4 is 11.6 Å². The number of carbonyl (C=O) groups is 1. The minimum atomic E-state index is -0.225. The first-order valence-electron chi connectivity index (χ1n) is 7.78. The minimum Gasteiger partial charge on any atom is -0.472 e. The van der Waals surface area contributed by atoms with E-state index >= 15 is 0 Å². The number of aromatic nitrogens is 1. The Labute approximate surface area is 135 Å². The summed E-state index contributed by atoms with van der Waals surface area (Å²) in [6, 6.07) is 13.2. The predicted octanol–water partition coefficient (Wildman–Crippen LogP) is 2.99. The van der Waals surface area contributed by atoms with E-state index in [0.717, 1.165) is 18.6 Å². The lowest BCUT2D eigenvalue weighted by Crippen LogP contribution is -2.19. The molecule has 3 rings (SSSR count). The quantitative estimate of drug-likeness (QED) is 0.922. The summed E-state index contributed by atoms with van der Waals surface area (Å²) in [6.07, 6.45) is 2.54. The topological polar surface area (TPSA) is 60.5 Å². The molecular formula is C18H20N2O3. The Hall–Kier alpha value is -2.40. The monoisotopic (exact) mass is 312 g/mol. The van der Waals surface area contributed by atoms with Gasteiger partial charge in [0.1, 0.15) is 6.10 Å². The molecule has 1 amide bonds. The highest BCUT2D eigenvalue weighted by Crippen LogP contribution is 2.21. The fraction of sp³-hybridized carbons (Fsp3) is 0.333. The molecule has 0 bridgehead atoms. The zero-order valence-corrected chi connectivity index (χ0v) is 13.1. The van der Waals surface area contributed by atoms with E-state index in [1.54, 1.807) is 18.3 Å². The normalized spacial score (nSPS) is 18.4. The number of hydrogen-bond donors (Lipinski definition) is 1. The number of benzene rings is 1. The maximum absolute atomic E-state index is 12.4. The van der Waals surface area contributed by atoms with E-state index in [2.05, 4.69) is 10.3 Å². The van der Waals surface area contributed by atoms with Crippen LogP contribution in [0.5, 0.6) is 5.88 Å². The first kappa shape index (κ1) is 15.5. The average molecular weight is 312 g/mol. The number of nitrogens with zero attached hydrogens (tertiary/aromatic N) is 1. The zero-order valence-electron chi connectivity index (χ0n) is 13.1. The standard InChI is InChI=1S/C18H20N2O3/c1-13(14-5-3-2-4-6-14)18(21)20-15-7-9-19-17(11-15)23-16-8-10-22-12-16/h2-7,9,11,13,16H,8,10,12H2,1H3,(H,19,20,21)/t13-,16?/m0/s1. The summed E-state index contributed by atoms with van der Waals surface area (Å²) in [5.41, 5.74) is 1.67. The van der Waals surface area contributed by atoms with Crippen molar-refractivity contribution < 1.29 is 14.3 Å². The smallest absolute Gasteiger partial charge is 0.231 e. The molecule has 2 aromatic rings.